The van der Waals surface area contributed by atoms with Crippen LogP contribution in [0.5, 0.6) is 5.75 Å². The van der Waals surface area contributed by atoms with Gasteiger partial charge in [0.15, 0.2) is 0 Å². The number of pyridine rings is 2. The van der Waals surface area contributed by atoms with E-state index in [1.54, 1.807) is 12.4 Å². The summed E-state index contributed by atoms with van der Waals surface area (Å²) in [5.74, 6) is 0.234. The van der Waals surface area contributed by atoms with Crippen LogP contribution in [0, 0.1) is 0 Å². The zero-order valence-corrected chi connectivity index (χ0v) is 17.2. The Kier molecular flexibility index (Phi) is 5.98. The van der Waals surface area contributed by atoms with Gasteiger partial charge in [0.05, 0.1) is 0 Å². The van der Waals surface area contributed by atoms with Crippen molar-refractivity contribution in [1.29, 1.82) is 0 Å². The van der Waals surface area contributed by atoms with Gasteiger partial charge in [-0.3, -0.25) is 9.97 Å². The summed E-state index contributed by atoms with van der Waals surface area (Å²) in [6.45, 7) is 0. The fraction of sp³-hybridized carbons (Fsp3) is 0.167. The van der Waals surface area contributed by atoms with Gasteiger partial charge in [-0.1, -0.05) is 53.5 Å². The largest absolute Gasteiger partial charge is 0.505 e. The number of aryl methyl sites for hydroxylation is 1. The van der Waals surface area contributed by atoms with Crippen molar-refractivity contribution in [1.82, 2.24) is 9.97 Å². The topological polar surface area (TPSA) is 46.0 Å². The van der Waals surface area contributed by atoms with E-state index in [9.17, 15) is 5.11 Å². The summed E-state index contributed by atoms with van der Waals surface area (Å²) in [6, 6.07) is 19.2. The van der Waals surface area contributed by atoms with Gasteiger partial charge < -0.3 is 5.11 Å². The molecule has 146 valence electrons. The van der Waals surface area contributed by atoms with Crippen molar-refractivity contribution >= 4 is 34.1 Å². The molecule has 2 aromatic carbocycles. The van der Waals surface area contributed by atoms with E-state index in [2.05, 4.69) is 9.97 Å². The Morgan fingerprint density at radius 3 is 2.38 bits per heavy atom. The molecule has 4 rings (SSSR count). The van der Waals surface area contributed by atoms with Crippen molar-refractivity contribution in [2.75, 3.05) is 0 Å². The summed E-state index contributed by atoms with van der Waals surface area (Å²) in [7, 11) is 0. The second-order valence-corrected chi connectivity index (χ2v) is 7.85. The zero-order valence-electron chi connectivity index (χ0n) is 15.7. The second kappa shape index (κ2) is 8.81. The molecule has 3 nitrogen and oxygen atoms in total. The van der Waals surface area contributed by atoms with Gasteiger partial charge in [-0.15, -0.1) is 0 Å². The molecule has 0 amide bonds. The number of halogens is 2. The fourth-order valence-corrected chi connectivity index (χ4v) is 4.24. The number of aromatic nitrogens is 2. The highest BCUT2D eigenvalue weighted by Crippen LogP contribution is 2.38. The maximum atomic E-state index is 11.0. The first kappa shape index (κ1) is 19.7. The summed E-state index contributed by atoms with van der Waals surface area (Å²) >= 11 is 12.9. The summed E-state index contributed by atoms with van der Waals surface area (Å²) in [5.41, 5.74) is 3.37. The van der Waals surface area contributed by atoms with Crippen molar-refractivity contribution in [3.05, 3.63) is 99.9 Å². The smallest absolute Gasteiger partial charge is 0.145 e. The van der Waals surface area contributed by atoms with Crippen LogP contribution in [0.15, 0.2) is 73.1 Å². The molecule has 0 radical (unpaired) electrons. The van der Waals surface area contributed by atoms with Crippen molar-refractivity contribution < 1.29 is 5.11 Å². The van der Waals surface area contributed by atoms with E-state index in [1.165, 1.54) is 0 Å². The van der Waals surface area contributed by atoms with Crippen LogP contribution in [0.4, 0.5) is 0 Å². The molecule has 4 aromatic rings. The Hall–Kier alpha value is -2.62. The molecule has 1 unspecified atom stereocenters. The van der Waals surface area contributed by atoms with Gasteiger partial charge in [0.25, 0.3) is 0 Å². The molecule has 5 heteroatoms. The van der Waals surface area contributed by atoms with Crippen LogP contribution in [-0.2, 0) is 12.8 Å². The van der Waals surface area contributed by atoms with E-state index in [1.807, 2.05) is 60.7 Å². The van der Waals surface area contributed by atoms with Gasteiger partial charge in [-0.05, 0) is 66.6 Å². The molecule has 0 spiro atoms. The fourth-order valence-electron chi connectivity index (χ4n) is 3.68. The molecule has 2 heterocycles. The standard InChI is InChI=1S/C24H20Cl2N2O/c25-21-7-3-8-22(26)20(21)15-17(9-11-18-6-1-2-13-27-18)19-12-10-16-5-4-14-28-23(16)24(19)29/h1-8,10,12-14,17,29H,9,11,15H2. The SMILES string of the molecule is Oc1c(C(CCc2ccccn2)Cc2c(Cl)cccc2Cl)ccc2cccnc12. The third-order valence-corrected chi connectivity index (χ3v) is 5.91. The Balaban J connectivity index is 1.72. The van der Waals surface area contributed by atoms with E-state index >= 15 is 0 Å². The quantitative estimate of drug-likeness (QED) is 0.380. The molecule has 0 aliphatic rings. The summed E-state index contributed by atoms with van der Waals surface area (Å²) in [5, 5.41) is 13.2. The van der Waals surface area contributed by atoms with Gasteiger partial charge in [0.2, 0.25) is 0 Å². The van der Waals surface area contributed by atoms with E-state index in [4.69, 9.17) is 23.2 Å². The lowest BCUT2D eigenvalue weighted by Crippen LogP contribution is -2.07. The van der Waals surface area contributed by atoms with Crippen LogP contribution >= 0.6 is 23.2 Å². The molecule has 0 aliphatic carbocycles. The summed E-state index contributed by atoms with van der Waals surface area (Å²) in [6.07, 6.45) is 5.70. The Morgan fingerprint density at radius 2 is 1.62 bits per heavy atom. The normalized spacial score (nSPS) is 12.2. The van der Waals surface area contributed by atoms with Crippen molar-refractivity contribution in [3.8, 4) is 5.75 Å². The Labute approximate surface area is 180 Å². The highest BCUT2D eigenvalue weighted by Gasteiger charge is 2.21. The molecule has 0 saturated heterocycles. The summed E-state index contributed by atoms with van der Waals surface area (Å²) in [4.78, 5) is 8.80. The van der Waals surface area contributed by atoms with E-state index in [0.717, 1.165) is 35.0 Å². The van der Waals surface area contributed by atoms with Gasteiger partial charge >= 0.3 is 0 Å². The molecule has 0 fully saturated rings. The van der Waals surface area contributed by atoms with E-state index in [0.29, 0.717) is 22.0 Å². The molecule has 1 atom stereocenters. The number of benzene rings is 2. The Bertz CT molecular complexity index is 1110. The number of aromatic hydroxyl groups is 1. The van der Waals surface area contributed by atoms with Crippen molar-refractivity contribution in [3.63, 3.8) is 0 Å². The second-order valence-electron chi connectivity index (χ2n) is 7.04. The highest BCUT2D eigenvalue weighted by molar-refractivity contribution is 6.36. The van der Waals surface area contributed by atoms with Gasteiger partial charge in [0.1, 0.15) is 11.3 Å². The Morgan fingerprint density at radius 1 is 0.828 bits per heavy atom. The first-order valence-corrected chi connectivity index (χ1v) is 10.3. The average molecular weight is 423 g/mol. The predicted molar refractivity (Wildman–Crippen MR) is 119 cm³/mol. The number of hydrogen-bond donors (Lipinski definition) is 1. The molecule has 1 N–H and O–H groups in total. The van der Waals surface area contributed by atoms with Crippen LogP contribution in [0.25, 0.3) is 10.9 Å². The zero-order chi connectivity index (χ0) is 20.2. The molecule has 2 aromatic heterocycles. The van der Waals surface area contributed by atoms with Gasteiger partial charge in [-0.2, -0.15) is 0 Å². The molecule has 0 bridgehead atoms. The van der Waals surface area contributed by atoms with E-state index < -0.39 is 0 Å². The number of phenolic OH excluding ortho intramolecular Hbond substituents is 1. The van der Waals surface area contributed by atoms with Crippen molar-refractivity contribution in [2.24, 2.45) is 0 Å². The molecular weight excluding hydrogens is 403 g/mol. The molecular formula is C24H20Cl2N2O. The van der Waals surface area contributed by atoms with E-state index in [-0.39, 0.29) is 11.7 Å². The molecule has 0 saturated carbocycles. The molecule has 29 heavy (non-hydrogen) atoms. The number of phenols is 1. The van der Waals surface area contributed by atoms with Gasteiger partial charge in [0, 0.05) is 33.5 Å². The number of fused-ring (bicyclic) bond motifs is 1. The minimum atomic E-state index is 0.0146. The van der Waals surface area contributed by atoms with Crippen LogP contribution in [0.1, 0.15) is 29.2 Å². The highest BCUT2D eigenvalue weighted by atomic mass is 35.5. The van der Waals surface area contributed by atoms with Crippen LogP contribution < -0.4 is 0 Å². The van der Waals surface area contributed by atoms with Crippen LogP contribution in [-0.4, -0.2) is 15.1 Å². The van der Waals surface area contributed by atoms with Crippen LogP contribution in [0.3, 0.4) is 0 Å². The first-order chi connectivity index (χ1) is 14.1. The predicted octanol–water partition coefficient (Wildman–Crippen LogP) is 6.60. The lowest BCUT2D eigenvalue weighted by molar-refractivity contribution is 0.461. The van der Waals surface area contributed by atoms with Crippen molar-refractivity contribution in [2.45, 2.75) is 25.2 Å². The first-order valence-electron chi connectivity index (χ1n) is 9.53. The number of hydrogen-bond acceptors (Lipinski definition) is 3. The minimum absolute atomic E-state index is 0.0146. The third-order valence-electron chi connectivity index (χ3n) is 5.21. The average Bonchev–Trinajstić information content (AvgIpc) is 2.75. The third kappa shape index (κ3) is 4.36. The monoisotopic (exact) mass is 422 g/mol. The lowest BCUT2D eigenvalue weighted by atomic mass is 9.86. The maximum absolute atomic E-state index is 11.0. The number of nitrogens with zero attached hydrogens (tertiary/aromatic N) is 2. The number of rotatable bonds is 6. The summed E-state index contributed by atoms with van der Waals surface area (Å²) < 4.78 is 0. The van der Waals surface area contributed by atoms with Gasteiger partial charge in [-0.25, -0.2) is 0 Å². The lowest BCUT2D eigenvalue weighted by Gasteiger charge is -2.21. The molecule has 0 aliphatic heterocycles. The minimum Gasteiger partial charge on any atom is -0.505 e. The maximum Gasteiger partial charge on any atom is 0.145 e. The van der Waals surface area contributed by atoms with Crippen LogP contribution in [0.2, 0.25) is 10.0 Å².